The molecule has 0 bridgehead atoms. The molecule has 3 N–H and O–H groups in total. The molecule has 136 valence electrons. The van der Waals surface area contributed by atoms with Gasteiger partial charge in [0.05, 0.1) is 23.4 Å². The Morgan fingerprint density at radius 2 is 1.81 bits per heavy atom. The van der Waals surface area contributed by atoms with Crippen LogP contribution in [-0.2, 0) is 9.84 Å². The molecule has 8 nitrogen and oxygen atoms in total. The number of hydrogen-bond acceptors (Lipinski definition) is 5. The van der Waals surface area contributed by atoms with E-state index in [2.05, 4.69) is 20.9 Å². The summed E-state index contributed by atoms with van der Waals surface area (Å²) in [4.78, 5) is 28.0. The first-order valence-corrected chi connectivity index (χ1v) is 9.83. The van der Waals surface area contributed by atoms with Gasteiger partial charge >= 0.3 is 6.03 Å². The second-order valence-electron chi connectivity index (χ2n) is 5.97. The van der Waals surface area contributed by atoms with Crippen molar-refractivity contribution in [2.75, 3.05) is 22.1 Å². The van der Waals surface area contributed by atoms with Crippen LogP contribution in [0.5, 0.6) is 0 Å². The Morgan fingerprint density at radius 1 is 1.04 bits per heavy atom. The van der Waals surface area contributed by atoms with Crippen molar-refractivity contribution >= 4 is 33.2 Å². The second-order valence-corrected chi connectivity index (χ2v) is 8.20. The summed E-state index contributed by atoms with van der Waals surface area (Å²) in [5.41, 5.74) is 1.52. The Labute approximate surface area is 150 Å². The number of pyridine rings is 1. The molecule has 1 aromatic carbocycles. The first kappa shape index (κ1) is 17.9. The van der Waals surface area contributed by atoms with Gasteiger partial charge in [0.15, 0.2) is 9.84 Å². The van der Waals surface area contributed by atoms with Gasteiger partial charge in [-0.25, -0.2) is 13.2 Å². The van der Waals surface area contributed by atoms with Crippen molar-refractivity contribution < 1.29 is 18.0 Å². The quantitative estimate of drug-likeness (QED) is 0.752. The van der Waals surface area contributed by atoms with Crippen molar-refractivity contribution in [3.63, 3.8) is 0 Å². The summed E-state index contributed by atoms with van der Waals surface area (Å²) >= 11 is 0. The Morgan fingerprint density at radius 3 is 2.42 bits per heavy atom. The highest BCUT2D eigenvalue weighted by Gasteiger charge is 2.28. The Kier molecular flexibility index (Phi) is 5.17. The van der Waals surface area contributed by atoms with E-state index in [-0.39, 0.29) is 23.5 Å². The number of nitrogens with zero attached hydrogens (tertiary/aromatic N) is 1. The molecule has 1 aromatic heterocycles. The average molecular weight is 374 g/mol. The second kappa shape index (κ2) is 7.52. The summed E-state index contributed by atoms with van der Waals surface area (Å²) < 4.78 is 22.8. The minimum atomic E-state index is -3.05. The van der Waals surface area contributed by atoms with Crippen LogP contribution < -0.4 is 16.0 Å². The minimum Gasteiger partial charge on any atom is -0.334 e. The molecule has 1 aliphatic rings. The van der Waals surface area contributed by atoms with Crippen LogP contribution >= 0.6 is 0 Å². The molecule has 0 spiro atoms. The van der Waals surface area contributed by atoms with Gasteiger partial charge in [0.1, 0.15) is 0 Å². The van der Waals surface area contributed by atoms with Gasteiger partial charge in [0, 0.05) is 23.5 Å². The van der Waals surface area contributed by atoms with Gasteiger partial charge < -0.3 is 16.0 Å². The van der Waals surface area contributed by atoms with E-state index in [1.807, 2.05) is 0 Å². The van der Waals surface area contributed by atoms with Gasteiger partial charge in [0.2, 0.25) is 0 Å². The summed E-state index contributed by atoms with van der Waals surface area (Å²) in [5.74, 6) is -0.225. The summed E-state index contributed by atoms with van der Waals surface area (Å²) in [5, 5.41) is 7.98. The first-order chi connectivity index (χ1) is 12.4. The number of urea groups is 1. The van der Waals surface area contributed by atoms with Crippen molar-refractivity contribution in [1.82, 2.24) is 10.3 Å². The molecule has 1 aliphatic heterocycles. The van der Waals surface area contributed by atoms with E-state index in [0.717, 1.165) is 0 Å². The lowest BCUT2D eigenvalue weighted by atomic mass is 10.2. The zero-order valence-electron chi connectivity index (χ0n) is 13.8. The summed E-state index contributed by atoms with van der Waals surface area (Å²) in [6.45, 7) is 0. The molecular formula is C17H18N4O4S. The Hall–Kier alpha value is -2.94. The molecule has 2 aromatic rings. The highest BCUT2D eigenvalue weighted by molar-refractivity contribution is 7.91. The molecule has 9 heteroatoms. The maximum absolute atomic E-state index is 12.1. The molecule has 3 rings (SSSR count). The lowest BCUT2D eigenvalue weighted by molar-refractivity contribution is 0.102. The van der Waals surface area contributed by atoms with Crippen LogP contribution in [0.4, 0.5) is 16.2 Å². The summed E-state index contributed by atoms with van der Waals surface area (Å²) in [7, 11) is -3.05. The maximum atomic E-state index is 12.1. The largest absolute Gasteiger partial charge is 0.334 e. The van der Waals surface area contributed by atoms with E-state index in [9.17, 15) is 18.0 Å². The Bertz CT molecular complexity index is 898. The van der Waals surface area contributed by atoms with E-state index in [0.29, 0.717) is 23.4 Å². The van der Waals surface area contributed by atoms with Crippen molar-refractivity contribution in [3.05, 3.63) is 54.4 Å². The lowest BCUT2D eigenvalue weighted by Crippen LogP contribution is -2.38. The van der Waals surface area contributed by atoms with E-state index >= 15 is 0 Å². The van der Waals surface area contributed by atoms with Crippen molar-refractivity contribution in [1.29, 1.82) is 0 Å². The van der Waals surface area contributed by atoms with Crippen molar-refractivity contribution in [2.45, 2.75) is 12.5 Å². The highest BCUT2D eigenvalue weighted by atomic mass is 32.2. The monoisotopic (exact) mass is 374 g/mol. The van der Waals surface area contributed by atoms with Gasteiger partial charge in [0.25, 0.3) is 5.91 Å². The zero-order valence-corrected chi connectivity index (χ0v) is 14.6. The van der Waals surface area contributed by atoms with E-state index in [4.69, 9.17) is 0 Å². The number of aromatic nitrogens is 1. The third-order valence-electron chi connectivity index (χ3n) is 3.89. The average Bonchev–Trinajstić information content (AvgIpc) is 2.94. The third-order valence-corrected chi connectivity index (χ3v) is 5.66. The predicted molar refractivity (Wildman–Crippen MR) is 97.8 cm³/mol. The fourth-order valence-corrected chi connectivity index (χ4v) is 4.28. The van der Waals surface area contributed by atoms with E-state index in [1.54, 1.807) is 48.8 Å². The molecule has 1 saturated heterocycles. The van der Waals surface area contributed by atoms with E-state index < -0.39 is 15.9 Å². The predicted octanol–water partition coefficient (Wildman–Crippen LogP) is 1.64. The molecule has 1 unspecified atom stereocenters. The van der Waals surface area contributed by atoms with Gasteiger partial charge in [-0.3, -0.25) is 9.78 Å². The molecule has 0 aliphatic carbocycles. The van der Waals surface area contributed by atoms with Gasteiger partial charge in [-0.15, -0.1) is 0 Å². The SMILES string of the molecule is O=C(Nc1ccc(C(=O)Nc2cccnc2)cc1)NC1CCS(=O)(=O)C1. The number of nitrogens with one attached hydrogen (secondary N) is 3. The molecule has 3 amide bonds. The van der Waals surface area contributed by atoms with Crippen molar-refractivity contribution in [3.8, 4) is 0 Å². The number of sulfone groups is 1. The minimum absolute atomic E-state index is 0.0339. The fourth-order valence-electron chi connectivity index (χ4n) is 2.61. The van der Waals surface area contributed by atoms with Crippen LogP contribution in [0.15, 0.2) is 48.8 Å². The number of rotatable bonds is 4. The van der Waals surface area contributed by atoms with Gasteiger partial charge in [-0.2, -0.15) is 0 Å². The van der Waals surface area contributed by atoms with Crippen LogP contribution in [0.25, 0.3) is 0 Å². The molecule has 26 heavy (non-hydrogen) atoms. The van der Waals surface area contributed by atoms with E-state index in [1.165, 1.54) is 0 Å². The number of benzene rings is 1. The number of amides is 3. The number of carbonyl (C=O) groups excluding carboxylic acids is 2. The third kappa shape index (κ3) is 4.79. The van der Waals surface area contributed by atoms with Crippen LogP contribution in [0, 0.1) is 0 Å². The van der Waals surface area contributed by atoms with Crippen molar-refractivity contribution in [2.24, 2.45) is 0 Å². The molecule has 1 atom stereocenters. The molecular weight excluding hydrogens is 356 g/mol. The Balaban J connectivity index is 1.54. The smallest absolute Gasteiger partial charge is 0.319 e. The highest BCUT2D eigenvalue weighted by Crippen LogP contribution is 2.14. The standard InChI is InChI=1S/C17H18N4O4S/c22-16(19-14-2-1-8-18-10-14)12-3-5-13(6-4-12)20-17(23)21-15-7-9-26(24,25)11-15/h1-6,8,10,15H,7,9,11H2,(H,19,22)(H2,20,21,23). The van der Waals surface area contributed by atoms with Crippen LogP contribution in [-0.4, -0.2) is 42.9 Å². The molecule has 0 saturated carbocycles. The molecule has 2 heterocycles. The summed E-state index contributed by atoms with van der Waals surface area (Å²) in [6, 6.07) is 8.98. The van der Waals surface area contributed by atoms with Crippen LogP contribution in [0.3, 0.4) is 0 Å². The number of anilines is 2. The van der Waals surface area contributed by atoms with Crippen LogP contribution in [0.1, 0.15) is 16.8 Å². The lowest BCUT2D eigenvalue weighted by Gasteiger charge is -2.12. The fraction of sp³-hybridized carbons (Fsp3) is 0.235. The number of hydrogen-bond donors (Lipinski definition) is 3. The zero-order chi connectivity index (χ0) is 18.6. The normalized spacial score (nSPS) is 18.1. The maximum Gasteiger partial charge on any atom is 0.319 e. The topological polar surface area (TPSA) is 117 Å². The summed E-state index contributed by atoms with van der Waals surface area (Å²) in [6.07, 6.45) is 3.58. The van der Waals surface area contributed by atoms with Crippen LogP contribution in [0.2, 0.25) is 0 Å². The van der Waals surface area contributed by atoms with Gasteiger partial charge in [-0.05, 0) is 42.8 Å². The molecule has 1 fully saturated rings. The first-order valence-electron chi connectivity index (χ1n) is 8.01. The number of carbonyl (C=O) groups is 2. The van der Waals surface area contributed by atoms with Gasteiger partial charge in [-0.1, -0.05) is 0 Å². The molecule has 0 radical (unpaired) electrons.